The lowest BCUT2D eigenvalue weighted by molar-refractivity contribution is -0.137. The molecule has 0 bridgehead atoms. The molecule has 0 saturated carbocycles. The molecule has 268 valence electrons. The largest absolute Gasteiger partial charge is 0.417 e. The van der Waals surface area contributed by atoms with Gasteiger partial charge in [-0.25, -0.2) is 26.5 Å². The number of hydrogen-bond acceptors (Lipinski definition) is 10. The number of hydroxylamine groups is 1. The monoisotopic (exact) mass is 714 g/mol. The normalized spacial score (nSPS) is 13.1. The van der Waals surface area contributed by atoms with E-state index in [0.717, 1.165) is 12.1 Å². The van der Waals surface area contributed by atoms with Crippen molar-refractivity contribution >= 4 is 43.5 Å². The van der Waals surface area contributed by atoms with E-state index in [1.54, 1.807) is 19.9 Å². The van der Waals surface area contributed by atoms with Gasteiger partial charge in [0, 0.05) is 30.8 Å². The third-order valence-electron chi connectivity index (χ3n) is 6.58. The fourth-order valence-electron chi connectivity index (χ4n) is 3.24. The number of pyridine rings is 1. The summed E-state index contributed by atoms with van der Waals surface area (Å²) in [6.45, 7) is 16.2. The van der Waals surface area contributed by atoms with Gasteiger partial charge in [0.25, 0.3) is 0 Å². The molecule has 0 atom stereocenters. The van der Waals surface area contributed by atoms with E-state index in [1.165, 1.54) is 27.7 Å². The smallest absolute Gasteiger partial charge is 0.359 e. The van der Waals surface area contributed by atoms with Crippen LogP contribution in [0.2, 0.25) is 0 Å². The van der Waals surface area contributed by atoms with Gasteiger partial charge in [0.15, 0.2) is 15.3 Å². The second-order valence-electron chi connectivity index (χ2n) is 12.1. The minimum absolute atomic E-state index is 0.00852. The molecule has 2 aromatic rings. The zero-order valence-corrected chi connectivity index (χ0v) is 29.8. The van der Waals surface area contributed by atoms with Crippen LogP contribution in [0.1, 0.15) is 87.0 Å². The number of amides is 2. The first-order valence-corrected chi connectivity index (χ1v) is 17.5. The van der Waals surface area contributed by atoms with Crippen molar-refractivity contribution in [2.45, 2.75) is 96.7 Å². The van der Waals surface area contributed by atoms with Crippen LogP contribution in [0.4, 0.5) is 24.8 Å². The highest BCUT2D eigenvalue weighted by atomic mass is 32.2. The lowest BCUT2D eigenvalue weighted by Gasteiger charge is -2.29. The molecule has 0 aromatic carbocycles. The maximum atomic E-state index is 12.6. The Morgan fingerprint density at radius 1 is 0.894 bits per heavy atom. The molecule has 14 nitrogen and oxygen atoms in total. The summed E-state index contributed by atoms with van der Waals surface area (Å²) in [6, 6.07) is 3.28. The van der Waals surface area contributed by atoms with Gasteiger partial charge in [0.2, 0.25) is 31.9 Å². The minimum Gasteiger partial charge on any atom is -0.359 e. The summed E-state index contributed by atoms with van der Waals surface area (Å²) in [4.78, 5) is 33.2. The summed E-state index contributed by atoms with van der Waals surface area (Å²) < 4.78 is 91.7. The molecule has 2 heterocycles. The van der Waals surface area contributed by atoms with Crippen molar-refractivity contribution < 1.29 is 49.0 Å². The Kier molecular flexibility index (Phi) is 14.1. The second kappa shape index (κ2) is 15.8. The molecule has 0 aliphatic rings. The molecule has 0 radical (unpaired) electrons. The third-order valence-corrected chi connectivity index (χ3v) is 11.1. The Hall–Kier alpha value is -3.13. The lowest BCUT2D eigenvalue weighted by atomic mass is 9.93. The summed E-state index contributed by atoms with van der Waals surface area (Å²) in [6.07, 6.45) is -3.36. The van der Waals surface area contributed by atoms with E-state index >= 15 is 0 Å². The summed E-state index contributed by atoms with van der Waals surface area (Å²) in [5.41, 5.74) is -1.23. The topological polar surface area (TPSA) is 190 Å². The van der Waals surface area contributed by atoms with E-state index < -0.39 is 53.1 Å². The van der Waals surface area contributed by atoms with Gasteiger partial charge in [-0.15, -0.1) is 0 Å². The molecule has 3 N–H and O–H groups in total. The van der Waals surface area contributed by atoms with Crippen LogP contribution < -0.4 is 15.4 Å². The van der Waals surface area contributed by atoms with Gasteiger partial charge < -0.3 is 15.2 Å². The molecule has 2 rings (SSSR count). The number of sulfonamides is 2. The van der Waals surface area contributed by atoms with Gasteiger partial charge in [0.05, 0.1) is 12.2 Å². The summed E-state index contributed by atoms with van der Waals surface area (Å²) in [7, 11) is -7.96. The lowest BCUT2D eigenvalue weighted by Crippen LogP contribution is -2.51. The van der Waals surface area contributed by atoms with E-state index in [1.807, 2.05) is 27.7 Å². The van der Waals surface area contributed by atoms with Gasteiger partial charge in [0.1, 0.15) is 11.6 Å². The molecule has 47 heavy (non-hydrogen) atoms. The Balaban J connectivity index is 0.000000474. The number of alkyl halides is 3. The van der Waals surface area contributed by atoms with Crippen LogP contribution in [-0.2, 0) is 46.1 Å². The van der Waals surface area contributed by atoms with Crippen LogP contribution in [0.25, 0.3) is 0 Å². The fourth-order valence-corrected chi connectivity index (χ4v) is 5.75. The first kappa shape index (κ1) is 41.9. The number of nitrogens with zero attached hydrogens (tertiary/aromatic N) is 3. The fraction of sp³-hybridized carbons (Fsp3) is 0.643. The maximum Gasteiger partial charge on any atom is 0.417 e. The van der Waals surface area contributed by atoms with E-state index in [4.69, 9.17) is 9.36 Å². The number of hydrogen-bond donors (Lipinski definition) is 3. The van der Waals surface area contributed by atoms with Crippen LogP contribution in [0.3, 0.4) is 0 Å². The number of anilines is 2. The number of carbonyl (C=O) groups excluding carboxylic acids is 2. The summed E-state index contributed by atoms with van der Waals surface area (Å²) in [5.74, 6) is -0.996. The van der Waals surface area contributed by atoms with Gasteiger partial charge in [-0.1, -0.05) is 37.3 Å². The van der Waals surface area contributed by atoms with Gasteiger partial charge in [-0.3, -0.25) is 14.4 Å². The minimum atomic E-state index is -4.56. The summed E-state index contributed by atoms with van der Waals surface area (Å²) >= 11 is 0. The molecule has 0 aliphatic heterocycles. The van der Waals surface area contributed by atoms with Gasteiger partial charge in [-0.05, 0) is 60.1 Å². The highest BCUT2D eigenvalue weighted by Crippen LogP contribution is 2.30. The van der Waals surface area contributed by atoms with Crippen LogP contribution in [0.15, 0.2) is 28.9 Å². The van der Waals surface area contributed by atoms with Gasteiger partial charge in [-0.2, -0.15) is 13.2 Å². The van der Waals surface area contributed by atoms with Crippen molar-refractivity contribution in [3.8, 4) is 0 Å². The van der Waals surface area contributed by atoms with E-state index in [0.29, 0.717) is 22.8 Å². The number of rotatable bonds is 13. The van der Waals surface area contributed by atoms with Crippen molar-refractivity contribution in [3.05, 3.63) is 35.7 Å². The molecule has 0 fully saturated rings. The van der Waals surface area contributed by atoms with Crippen LogP contribution >= 0.6 is 0 Å². The second-order valence-corrected chi connectivity index (χ2v) is 16.8. The van der Waals surface area contributed by atoms with Crippen LogP contribution in [0, 0.1) is 0 Å². The molecule has 0 spiro atoms. The van der Waals surface area contributed by atoms with Crippen molar-refractivity contribution in [1.29, 1.82) is 0 Å². The maximum absolute atomic E-state index is 12.6. The molecular weight excluding hydrogens is 669 g/mol. The zero-order chi connectivity index (χ0) is 36.6. The molecule has 0 saturated heterocycles. The quantitative estimate of drug-likeness (QED) is 0.250. The van der Waals surface area contributed by atoms with Crippen LogP contribution in [-0.4, -0.2) is 72.4 Å². The van der Waals surface area contributed by atoms with Crippen molar-refractivity contribution in [2.75, 3.05) is 30.3 Å². The predicted molar refractivity (Wildman–Crippen MR) is 170 cm³/mol. The molecule has 0 aliphatic carbocycles. The molecule has 2 aromatic heterocycles. The first-order valence-electron chi connectivity index (χ1n) is 14.6. The van der Waals surface area contributed by atoms with Gasteiger partial charge >= 0.3 is 6.18 Å². The highest BCUT2D eigenvalue weighted by molar-refractivity contribution is 7.91. The third kappa shape index (κ3) is 10.7. The Morgan fingerprint density at radius 2 is 1.45 bits per heavy atom. The summed E-state index contributed by atoms with van der Waals surface area (Å²) in [5, 5.41) is 8.46. The zero-order valence-electron chi connectivity index (χ0n) is 28.2. The van der Waals surface area contributed by atoms with Crippen LogP contribution in [0.5, 0.6) is 0 Å². The highest BCUT2D eigenvalue weighted by Gasteiger charge is 2.46. The Morgan fingerprint density at radius 3 is 1.87 bits per heavy atom. The number of nitrogens with one attached hydrogen (secondary N) is 3. The first-order chi connectivity index (χ1) is 21.3. The Bertz CT molecular complexity index is 1570. The molecule has 2 amide bonds. The number of aromatic nitrogens is 2. The van der Waals surface area contributed by atoms with E-state index in [-0.39, 0.29) is 36.7 Å². The van der Waals surface area contributed by atoms with E-state index in [9.17, 15) is 39.6 Å². The van der Waals surface area contributed by atoms with Crippen molar-refractivity contribution in [1.82, 2.24) is 19.3 Å². The van der Waals surface area contributed by atoms with Crippen molar-refractivity contribution in [2.24, 2.45) is 0 Å². The van der Waals surface area contributed by atoms with Crippen molar-refractivity contribution in [3.63, 3.8) is 0 Å². The number of carbonyl (C=O) groups is 2. The molecule has 19 heteroatoms. The molecule has 0 unspecified atom stereocenters. The standard InChI is InChI=1S/C14H20F3N3O4S.C14H25N3O4S/c1-5-20(24-6-2)25(22,23)13(3,4)12(21)19-11-8-7-10(9-18-11)14(15,16)17;1-7-8-15-22(19,20)14(5,6)12(18)16-11-9-10(21-17-11)13(2,3)4/h7-9H,5-6H2,1-4H3,(H,18,19,21);9,15H,7-8H2,1-6H3,(H,16,17,18). The number of halogens is 3. The SMILES string of the molecule is CCCNS(=O)(=O)C(C)(C)C(=O)Nc1cc(C(C)(C)C)on1.CCON(CC)S(=O)(=O)C(C)(C)C(=O)Nc1ccc(C(F)(F)F)cn1. The Labute approximate surface area is 274 Å². The predicted octanol–water partition coefficient (Wildman–Crippen LogP) is 4.44. The average Bonchev–Trinajstić information content (AvgIpc) is 3.44. The molecular formula is C28H45F3N6O8S2. The van der Waals surface area contributed by atoms with E-state index in [2.05, 4.69) is 25.5 Å². The average molecular weight is 715 g/mol.